The Labute approximate surface area is 103 Å². The Kier molecular flexibility index (Phi) is 4.99. The second-order valence-corrected chi connectivity index (χ2v) is 3.34. The third-order valence-corrected chi connectivity index (χ3v) is 1.91. The van der Waals surface area contributed by atoms with Crippen molar-refractivity contribution in [3.63, 3.8) is 0 Å². The highest BCUT2D eigenvalue weighted by molar-refractivity contribution is 5.89. The van der Waals surface area contributed by atoms with Crippen LogP contribution in [0.2, 0.25) is 0 Å². The van der Waals surface area contributed by atoms with Crippen LogP contribution in [-0.2, 0) is 16.6 Å². The minimum Gasteiger partial charge on any atom is -0.480 e. The van der Waals surface area contributed by atoms with Crippen LogP contribution in [0.1, 0.15) is 0 Å². The molecule has 0 aromatic carbocycles. The summed E-state index contributed by atoms with van der Waals surface area (Å²) in [5, 5.41) is 21.9. The summed E-state index contributed by atoms with van der Waals surface area (Å²) in [6.07, 6.45) is 0. The molecule has 10 heteroatoms. The second-order valence-electron chi connectivity index (χ2n) is 3.34. The number of amides is 2. The summed E-state index contributed by atoms with van der Waals surface area (Å²) in [7, 11) is 3.00. The predicted octanol–water partition coefficient (Wildman–Crippen LogP) is -1.22. The van der Waals surface area contributed by atoms with Crippen LogP contribution < -0.4 is 5.32 Å². The van der Waals surface area contributed by atoms with E-state index in [9.17, 15) is 9.59 Å². The van der Waals surface area contributed by atoms with E-state index in [-0.39, 0.29) is 19.1 Å². The van der Waals surface area contributed by atoms with Gasteiger partial charge in [0.1, 0.15) is 6.54 Å². The summed E-state index contributed by atoms with van der Waals surface area (Å²) in [4.78, 5) is 24.6. The summed E-state index contributed by atoms with van der Waals surface area (Å²) in [6.45, 7) is -0.0566. The number of anilines is 1. The number of carbonyl (C=O) groups is 2. The average molecular weight is 258 g/mol. The molecule has 10 nitrogen and oxygen atoms in total. The lowest BCUT2D eigenvalue weighted by Crippen LogP contribution is -2.40. The van der Waals surface area contributed by atoms with Gasteiger partial charge in [0.2, 0.25) is 0 Å². The molecule has 0 spiro atoms. The zero-order valence-corrected chi connectivity index (χ0v) is 10.0. The third-order valence-electron chi connectivity index (χ3n) is 1.91. The minimum absolute atomic E-state index is 0.00954. The number of nitrogens with zero attached hydrogens (tertiary/aromatic N) is 5. The quantitative estimate of drug-likeness (QED) is 0.655. The van der Waals surface area contributed by atoms with E-state index in [2.05, 4.69) is 20.7 Å². The zero-order valence-electron chi connectivity index (χ0n) is 10.0. The lowest BCUT2D eigenvalue weighted by molar-refractivity contribution is -0.137. The van der Waals surface area contributed by atoms with Crippen LogP contribution in [0.5, 0.6) is 0 Å². The average Bonchev–Trinajstić information content (AvgIpc) is 2.69. The molecule has 0 aliphatic heterocycles. The topological polar surface area (TPSA) is 122 Å². The van der Waals surface area contributed by atoms with Crippen LogP contribution in [0, 0.1) is 0 Å². The van der Waals surface area contributed by atoms with E-state index in [1.54, 1.807) is 7.05 Å². The SMILES string of the molecule is COCCN(CC(=O)O)C(=O)Nc1nnn(C)n1. The van der Waals surface area contributed by atoms with Crippen LogP contribution in [0.4, 0.5) is 10.7 Å². The first kappa shape index (κ1) is 13.8. The van der Waals surface area contributed by atoms with E-state index in [0.717, 1.165) is 4.90 Å². The van der Waals surface area contributed by atoms with Crippen molar-refractivity contribution in [1.29, 1.82) is 0 Å². The number of carbonyl (C=O) groups excluding carboxylic acids is 1. The van der Waals surface area contributed by atoms with E-state index in [1.807, 2.05) is 0 Å². The van der Waals surface area contributed by atoms with Gasteiger partial charge in [-0.3, -0.25) is 10.1 Å². The molecular weight excluding hydrogens is 244 g/mol. The smallest absolute Gasteiger partial charge is 0.324 e. The first-order valence-electron chi connectivity index (χ1n) is 5.03. The van der Waals surface area contributed by atoms with E-state index in [1.165, 1.54) is 11.9 Å². The van der Waals surface area contributed by atoms with Crippen molar-refractivity contribution < 1.29 is 19.4 Å². The highest BCUT2D eigenvalue weighted by atomic mass is 16.5. The minimum atomic E-state index is -1.12. The molecule has 1 heterocycles. The fourth-order valence-electron chi connectivity index (χ4n) is 1.13. The van der Waals surface area contributed by atoms with E-state index in [4.69, 9.17) is 9.84 Å². The number of methoxy groups -OCH3 is 1. The Morgan fingerprint density at radius 1 is 1.56 bits per heavy atom. The second kappa shape index (κ2) is 6.49. The molecule has 1 aromatic rings. The van der Waals surface area contributed by atoms with Gasteiger partial charge in [0.15, 0.2) is 0 Å². The van der Waals surface area contributed by atoms with Crippen LogP contribution in [0.15, 0.2) is 0 Å². The molecular formula is C8H14N6O4. The Hall–Kier alpha value is -2.23. The van der Waals surface area contributed by atoms with Gasteiger partial charge in [-0.1, -0.05) is 5.10 Å². The molecule has 0 atom stereocenters. The van der Waals surface area contributed by atoms with Gasteiger partial charge >= 0.3 is 12.0 Å². The normalized spacial score (nSPS) is 10.1. The van der Waals surface area contributed by atoms with E-state index in [0.29, 0.717) is 0 Å². The first-order valence-corrected chi connectivity index (χ1v) is 5.03. The fraction of sp³-hybridized carbons (Fsp3) is 0.625. The molecule has 0 bridgehead atoms. The number of aliphatic carboxylic acids is 1. The molecule has 0 radical (unpaired) electrons. The summed E-state index contributed by atoms with van der Waals surface area (Å²) in [5.41, 5.74) is 0. The van der Waals surface area contributed by atoms with Gasteiger partial charge in [0.25, 0.3) is 5.95 Å². The zero-order chi connectivity index (χ0) is 13.5. The first-order chi connectivity index (χ1) is 8.52. The molecule has 2 amide bonds. The summed E-state index contributed by atoms with van der Waals surface area (Å²) >= 11 is 0. The fourth-order valence-corrected chi connectivity index (χ4v) is 1.13. The number of aromatic nitrogens is 4. The Balaban J connectivity index is 2.60. The Bertz CT molecular complexity index is 419. The molecule has 0 aliphatic carbocycles. The predicted molar refractivity (Wildman–Crippen MR) is 58.9 cm³/mol. The standard InChI is InChI=1S/C8H14N6O4/c1-13-11-7(10-12-13)9-8(17)14(3-4-18-2)5-6(15)16/h3-5H2,1-2H3,(H,15,16)(H,9,11,17). The number of rotatable bonds is 6. The molecule has 18 heavy (non-hydrogen) atoms. The monoisotopic (exact) mass is 258 g/mol. The molecule has 0 fully saturated rings. The van der Waals surface area contributed by atoms with Crippen molar-refractivity contribution >= 4 is 17.9 Å². The number of tetrazole rings is 1. The summed E-state index contributed by atoms with van der Waals surface area (Å²) in [5.74, 6) is -1.11. The number of carboxylic acid groups (broad SMARTS) is 1. The summed E-state index contributed by atoms with van der Waals surface area (Å²) < 4.78 is 4.80. The maximum Gasteiger partial charge on any atom is 0.324 e. The van der Waals surface area contributed by atoms with Crippen molar-refractivity contribution in [2.75, 3.05) is 32.1 Å². The Morgan fingerprint density at radius 3 is 2.78 bits per heavy atom. The molecule has 0 saturated carbocycles. The van der Waals surface area contributed by atoms with Crippen molar-refractivity contribution in [1.82, 2.24) is 25.1 Å². The largest absolute Gasteiger partial charge is 0.480 e. The van der Waals surface area contributed by atoms with Crippen LogP contribution in [0.3, 0.4) is 0 Å². The number of ether oxygens (including phenoxy) is 1. The van der Waals surface area contributed by atoms with Crippen molar-refractivity contribution in [3.8, 4) is 0 Å². The lowest BCUT2D eigenvalue weighted by Gasteiger charge is -2.19. The Morgan fingerprint density at radius 2 is 2.28 bits per heavy atom. The van der Waals surface area contributed by atoms with Crippen molar-refractivity contribution in [3.05, 3.63) is 0 Å². The van der Waals surface area contributed by atoms with E-state index < -0.39 is 18.5 Å². The molecule has 1 aromatic heterocycles. The maximum absolute atomic E-state index is 11.7. The third kappa shape index (κ3) is 4.33. The van der Waals surface area contributed by atoms with Gasteiger partial charge in [-0.25, -0.2) is 4.79 Å². The number of nitrogens with one attached hydrogen (secondary N) is 1. The van der Waals surface area contributed by atoms with Gasteiger partial charge in [-0.2, -0.15) is 4.80 Å². The number of aryl methyl sites for hydroxylation is 1. The lowest BCUT2D eigenvalue weighted by atomic mass is 10.5. The van der Waals surface area contributed by atoms with Crippen LogP contribution >= 0.6 is 0 Å². The van der Waals surface area contributed by atoms with Gasteiger partial charge in [0, 0.05) is 13.7 Å². The maximum atomic E-state index is 11.7. The molecule has 100 valence electrons. The van der Waals surface area contributed by atoms with E-state index >= 15 is 0 Å². The number of hydrogen-bond acceptors (Lipinski definition) is 6. The molecule has 0 aliphatic rings. The highest BCUT2D eigenvalue weighted by Crippen LogP contribution is 1.98. The van der Waals surface area contributed by atoms with Gasteiger partial charge in [-0.15, -0.1) is 5.10 Å². The molecule has 2 N–H and O–H groups in total. The van der Waals surface area contributed by atoms with Crippen molar-refractivity contribution in [2.24, 2.45) is 7.05 Å². The highest BCUT2D eigenvalue weighted by Gasteiger charge is 2.18. The van der Waals surface area contributed by atoms with Gasteiger partial charge in [0.05, 0.1) is 13.7 Å². The molecule has 1 rings (SSSR count). The van der Waals surface area contributed by atoms with Crippen LogP contribution in [-0.4, -0.2) is 69.0 Å². The molecule has 0 saturated heterocycles. The van der Waals surface area contributed by atoms with Crippen molar-refractivity contribution in [2.45, 2.75) is 0 Å². The number of urea groups is 1. The van der Waals surface area contributed by atoms with Gasteiger partial charge < -0.3 is 14.7 Å². The van der Waals surface area contributed by atoms with Gasteiger partial charge in [-0.05, 0) is 5.21 Å². The van der Waals surface area contributed by atoms with Crippen LogP contribution in [0.25, 0.3) is 0 Å². The molecule has 0 unspecified atom stereocenters. The number of hydrogen-bond donors (Lipinski definition) is 2. The number of carboxylic acids is 1. The summed E-state index contributed by atoms with van der Waals surface area (Å²) in [6, 6.07) is -0.623.